The summed E-state index contributed by atoms with van der Waals surface area (Å²) in [6.45, 7) is 1.84. The van der Waals surface area contributed by atoms with Crippen LogP contribution in [0.2, 0.25) is 0 Å². The lowest BCUT2D eigenvalue weighted by molar-refractivity contribution is -0.119. The van der Waals surface area contributed by atoms with Gasteiger partial charge in [0.15, 0.2) is 5.76 Å². The maximum atomic E-state index is 13.3. The monoisotopic (exact) mass is 468 g/mol. The molecule has 4 aromatic rings. The largest absolute Gasteiger partial charge is 0.354 e. The third-order valence-corrected chi connectivity index (χ3v) is 6.83. The number of carbonyl (C=O) groups excluding carboxylic acids is 2. The molecular weight excluding hydrogens is 444 g/mol. The highest BCUT2D eigenvalue weighted by molar-refractivity contribution is 6.18. The summed E-state index contributed by atoms with van der Waals surface area (Å²) in [4.78, 5) is 29.5. The van der Waals surface area contributed by atoms with Crippen LogP contribution in [0.25, 0.3) is 22.4 Å². The minimum atomic E-state index is -0.374. The van der Waals surface area contributed by atoms with Gasteiger partial charge < -0.3 is 20.1 Å². The molecule has 9 nitrogen and oxygen atoms in total. The average molecular weight is 469 g/mol. The van der Waals surface area contributed by atoms with E-state index in [0.717, 1.165) is 24.1 Å². The van der Waals surface area contributed by atoms with Gasteiger partial charge in [-0.1, -0.05) is 29.4 Å². The highest BCUT2D eigenvalue weighted by Gasteiger charge is 2.32. The van der Waals surface area contributed by atoms with Crippen LogP contribution in [0.5, 0.6) is 0 Å². The first-order valence-electron chi connectivity index (χ1n) is 11.5. The maximum Gasteiger partial charge on any atom is 0.272 e. The Bertz CT molecular complexity index is 1490. The molecule has 0 bridgehead atoms. The fourth-order valence-corrected chi connectivity index (χ4v) is 5.26. The number of aromatic amines is 1. The number of aryl methyl sites for hydroxylation is 1. The van der Waals surface area contributed by atoms with Crippen molar-refractivity contribution in [3.63, 3.8) is 0 Å². The van der Waals surface area contributed by atoms with Crippen LogP contribution in [0.3, 0.4) is 0 Å². The van der Waals surface area contributed by atoms with Crippen LogP contribution in [0, 0.1) is 12.8 Å². The second kappa shape index (κ2) is 8.21. The van der Waals surface area contributed by atoms with E-state index in [1.807, 2.05) is 31.2 Å². The molecule has 4 N–H and O–H groups in total. The van der Waals surface area contributed by atoms with E-state index in [2.05, 4.69) is 43.4 Å². The zero-order valence-electron chi connectivity index (χ0n) is 19.3. The Labute approximate surface area is 201 Å². The van der Waals surface area contributed by atoms with Crippen LogP contribution < -0.4 is 16.1 Å². The van der Waals surface area contributed by atoms with E-state index in [1.165, 1.54) is 11.1 Å². The SMILES string of the molecule is CN[C@@H](C(=O)Nc1cc2c3c(c(-c4cc(C)no4)[nH]c3c1)C=NNC2=O)C1Cc2ccccc2C1. The van der Waals surface area contributed by atoms with Crippen molar-refractivity contribution in [1.82, 2.24) is 20.9 Å². The summed E-state index contributed by atoms with van der Waals surface area (Å²) in [5.74, 6) is 0.205. The number of nitrogens with zero attached hydrogens (tertiary/aromatic N) is 2. The summed E-state index contributed by atoms with van der Waals surface area (Å²) in [6.07, 6.45) is 3.28. The van der Waals surface area contributed by atoms with E-state index >= 15 is 0 Å². The first-order chi connectivity index (χ1) is 17.0. The lowest BCUT2D eigenvalue weighted by Gasteiger charge is -2.22. The van der Waals surface area contributed by atoms with Gasteiger partial charge in [0.25, 0.3) is 5.91 Å². The number of nitrogens with one attached hydrogen (secondary N) is 4. The van der Waals surface area contributed by atoms with Gasteiger partial charge in [0.1, 0.15) is 0 Å². The number of hydrogen-bond donors (Lipinski definition) is 4. The number of carbonyl (C=O) groups is 2. The van der Waals surface area contributed by atoms with Crippen LogP contribution in [-0.4, -0.2) is 41.3 Å². The summed E-state index contributed by atoms with van der Waals surface area (Å²) < 4.78 is 5.45. The number of likely N-dealkylation sites (N-methyl/N-ethyl adjacent to an activating group) is 1. The fraction of sp³-hybridized carbons (Fsp3) is 0.231. The number of amides is 2. The first-order valence-corrected chi connectivity index (χ1v) is 11.5. The van der Waals surface area contributed by atoms with Gasteiger partial charge in [-0.15, -0.1) is 0 Å². The van der Waals surface area contributed by atoms with E-state index in [1.54, 1.807) is 19.3 Å². The van der Waals surface area contributed by atoms with Crippen molar-refractivity contribution in [3.05, 3.63) is 70.4 Å². The number of anilines is 1. The molecule has 176 valence electrons. The van der Waals surface area contributed by atoms with Gasteiger partial charge in [0, 0.05) is 28.2 Å². The van der Waals surface area contributed by atoms with Gasteiger partial charge in [-0.2, -0.15) is 5.10 Å². The molecule has 0 radical (unpaired) electrons. The zero-order chi connectivity index (χ0) is 24.1. The van der Waals surface area contributed by atoms with Crippen LogP contribution >= 0.6 is 0 Å². The lowest BCUT2D eigenvalue weighted by Crippen LogP contribution is -2.44. The Kier molecular flexibility index (Phi) is 5.00. The molecule has 1 atom stereocenters. The molecule has 6 rings (SSSR count). The number of aromatic nitrogens is 2. The van der Waals surface area contributed by atoms with Gasteiger partial charge in [-0.3, -0.25) is 9.59 Å². The molecule has 0 fully saturated rings. The summed E-state index contributed by atoms with van der Waals surface area (Å²) in [6, 6.07) is 13.3. The summed E-state index contributed by atoms with van der Waals surface area (Å²) in [5.41, 5.74) is 8.88. The molecule has 9 heteroatoms. The molecule has 2 aromatic heterocycles. The number of benzene rings is 2. The third kappa shape index (κ3) is 3.60. The van der Waals surface area contributed by atoms with E-state index in [4.69, 9.17) is 4.52 Å². The molecule has 0 saturated carbocycles. The lowest BCUT2D eigenvalue weighted by atomic mass is 9.95. The molecule has 35 heavy (non-hydrogen) atoms. The zero-order valence-corrected chi connectivity index (χ0v) is 19.3. The van der Waals surface area contributed by atoms with Gasteiger partial charge in [-0.25, -0.2) is 5.43 Å². The number of fused-ring (bicyclic) bond motifs is 1. The summed E-state index contributed by atoms with van der Waals surface area (Å²) in [7, 11) is 1.80. The van der Waals surface area contributed by atoms with Crippen molar-refractivity contribution in [2.24, 2.45) is 11.0 Å². The van der Waals surface area contributed by atoms with E-state index in [9.17, 15) is 9.59 Å². The van der Waals surface area contributed by atoms with Crippen molar-refractivity contribution in [1.29, 1.82) is 0 Å². The fourth-order valence-electron chi connectivity index (χ4n) is 5.26. The average Bonchev–Trinajstić information content (AvgIpc) is 3.52. The standard InChI is InChI=1S/C26H24N6O3/c1-13-7-21(35-32-13)24-19-12-28-31-25(33)18-10-17(11-20(30-24)22(18)19)29-26(34)23(27-2)16-8-14-5-3-4-6-15(14)9-16/h3-7,10-12,16,23,27,30H,8-9H2,1-2H3,(H,29,34)(H,31,33)/t23-/m1/s1. The molecule has 0 saturated heterocycles. The molecule has 1 aliphatic heterocycles. The Morgan fingerprint density at radius 3 is 2.63 bits per heavy atom. The highest BCUT2D eigenvalue weighted by Crippen LogP contribution is 2.35. The second-order valence-electron chi connectivity index (χ2n) is 9.08. The van der Waals surface area contributed by atoms with Crippen molar-refractivity contribution in [2.45, 2.75) is 25.8 Å². The number of rotatable bonds is 5. The van der Waals surface area contributed by atoms with Crippen LogP contribution in [0.4, 0.5) is 5.69 Å². The van der Waals surface area contributed by atoms with Crippen molar-refractivity contribution >= 4 is 34.6 Å². The molecule has 0 unspecified atom stereocenters. The third-order valence-electron chi connectivity index (χ3n) is 6.83. The Morgan fingerprint density at radius 2 is 1.94 bits per heavy atom. The minimum Gasteiger partial charge on any atom is -0.354 e. The molecule has 2 amide bonds. The Hall–Kier alpha value is -4.24. The quantitative estimate of drug-likeness (QED) is 0.358. The van der Waals surface area contributed by atoms with Gasteiger partial charge in [0.2, 0.25) is 5.91 Å². The molecule has 2 aromatic carbocycles. The van der Waals surface area contributed by atoms with Gasteiger partial charge in [0.05, 0.1) is 29.2 Å². The van der Waals surface area contributed by atoms with E-state index in [-0.39, 0.29) is 23.8 Å². The molecule has 3 heterocycles. The maximum absolute atomic E-state index is 13.3. The Morgan fingerprint density at radius 1 is 1.17 bits per heavy atom. The summed E-state index contributed by atoms with van der Waals surface area (Å²) in [5, 5.41) is 15.0. The predicted molar refractivity (Wildman–Crippen MR) is 132 cm³/mol. The van der Waals surface area contributed by atoms with Crippen molar-refractivity contribution in [3.8, 4) is 11.5 Å². The number of H-pyrrole nitrogens is 1. The van der Waals surface area contributed by atoms with E-state index < -0.39 is 0 Å². The van der Waals surface area contributed by atoms with Crippen LogP contribution in [0.15, 0.2) is 52.1 Å². The van der Waals surface area contributed by atoms with Crippen molar-refractivity contribution in [2.75, 3.05) is 12.4 Å². The smallest absolute Gasteiger partial charge is 0.272 e. The van der Waals surface area contributed by atoms with E-state index in [0.29, 0.717) is 33.6 Å². The second-order valence-corrected chi connectivity index (χ2v) is 9.08. The summed E-state index contributed by atoms with van der Waals surface area (Å²) >= 11 is 0. The molecule has 1 aliphatic carbocycles. The number of hydrazone groups is 1. The van der Waals surface area contributed by atoms with Gasteiger partial charge >= 0.3 is 0 Å². The van der Waals surface area contributed by atoms with Gasteiger partial charge in [-0.05, 0) is 56.0 Å². The highest BCUT2D eigenvalue weighted by atomic mass is 16.5. The topological polar surface area (TPSA) is 124 Å². The van der Waals surface area contributed by atoms with Crippen LogP contribution in [0.1, 0.15) is 32.7 Å². The van der Waals surface area contributed by atoms with Crippen LogP contribution in [-0.2, 0) is 17.6 Å². The predicted octanol–water partition coefficient (Wildman–Crippen LogP) is 3.15. The first kappa shape index (κ1) is 21.3. The minimum absolute atomic E-state index is 0.139. The Balaban J connectivity index is 1.34. The number of hydrogen-bond acceptors (Lipinski definition) is 6. The molecule has 0 spiro atoms. The molecular formula is C26H24N6O3. The normalized spacial score (nSPS) is 15.7. The van der Waals surface area contributed by atoms with Crippen molar-refractivity contribution < 1.29 is 14.1 Å². The molecule has 2 aliphatic rings.